The Kier molecular flexibility index (Phi) is 6.05. The lowest BCUT2D eigenvalue weighted by Gasteiger charge is -2.13. The molecule has 2 amide bonds. The second-order valence-corrected chi connectivity index (χ2v) is 4.72. The van der Waals surface area contributed by atoms with Crippen LogP contribution in [-0.4, -0.2) is 34.4 Å². The van der Waals surface area contributed by atoms with Crippen LogP contribution in [0, 0.1) is 0 Å². The zero-order chi connectivity index (χ0) is 15.1. The molecule has 108 valence electrons. The van der Waals surface area contributed by atoms with E-state index >= 15 is 0 Å². The van der Waals surface area contributed by atoms with Crippen LogP contribution in [0.5, 0.6) is 0 Å². The average Bonchev–Trinajstić information content (AvgIpc) is 2.44. The third-order valence-corrected chi connectivity index (χ3v) is 2.81. The van der Waals surface area contributed by atoms with Crippen molar-refractivity contribution in [3.05, 3.63) is 29.6 Å². The number of amides is 2. The highest BCUT2D eigenvalue weighted by Gasteiger charge is 2.16. The molecule has 1 aromatic rings. The van der Waals surface area contributed by atoms with Gasteiger partial charge < -0.3 is 16.4 Å². The van der Waals surface area contributed by atoms with Gasteiger partial charge in [-0.1, -0.05) is 19.1 Å². The fourth-order valence-electron chi connectivity index (χ4n) is 1.41. The Morgan fingerprint density at radius 2 is 2.15 bits per heavy atom. The third kappa shape index (κ3) is 4.58. The molecule has 0 aromatic carbocycles. The smallest absolute Gasteiger partial charge is 0.270 e. The van der Waals surface area contributed by atoms with Gasteiger partial charge in [0.25, 0.3) is 5.91 Å². The van der Waals surface area contributed by atoms with Gasteiger partial charge >= 0.3 is 0 Å². The lowest BCUT2D eigenvalue weighted by molar-refractivity contribution is -0.122. The van der Waals surface area contributed by atoms with E-state index in [0.29, 0.717) is 12.1 Å². The van der Waals surface area contributed by atoms with E-state index in [1.54, 1.807) is 13.0 Å². The molecule has 1 rings (SSSR count). The molecule has 20 heavy (non-hydrogen) atoms. The first-order valence-electron chi connectivity index (χ1n) is 6.30. The topological polar surface area (TPSA) is 97.1 Å². The van der Waals surface area contributed by atoms with Gasteiger partial charge in [-0.3, -0.25) is 14.6 Å². The van der Waals surface area contributed by atoms with E-state index in [0.717, 1.165) is 6.42 Å². The summed E-state index contributed by atoms with van der Waals surface area (Å²) in [6.07, 6.45) is 2.27. The summed E-state index contributed by atoms with van der Waals surface area (Å²) in [5.74, 6) is -0.640. The Labute approximate surface area is 123 Å². The molecule has 0 bridgehead atoms. The zero-order valence-corrected chi connectivity index (χ0v) is 12.3. The molecule has 1 heterocycles. The summed E-state index contributed by atoms with van der Waals surface area (Å²) < 4.78 is 0. The monoisotopic (exact) mass is 294 g/mol. The Hall–Kier alpha value is -2.02. The van der Waals surface area contributed by atoms with Crippen LogP contribution in [0.25, 0.3) is 0 Å². The highest BCUT2D eigenvalue weighted by Crippen LogP contribution is 2.01. The van der Waals surface area contributed by atoms with E-state index in [4.69, 9.17) is 18.0 Å². The van der Waals surface area contributed by atoms with Gasteiger partial charge in [-0.2, -0.15) is 0 Å². The van der Waals surface area contributed by atoms with Crippen molar-refractivity contribution in [2.45, 2.75) is 26.3 Å². The summed E-state index contributed by atoms with van der Waals surface area (Å²) in [6.45, 7) is 4.16. The largest absolute Gasteiger partial charge is 0.389 e. The van der Waals surface area contributed by atoms with Gasteiger partial charge in [-0.25, -0.2) is 0 Å². The first-order valence-corrected chi connectivity index (χ1v) is 6.71. The molecule has 0 aliphatic rings. The Balaban J connectivity index is 2.62. The number of nitrogens with two attached hydrogens (primary N) is 1. The van der Waals surface area contributed by atoms with Crippen molar-refractivity contribution in [3.63, 3.8) is 0 Å². The summed E-state index contributed by atoms with van der Waals surface area (Å²) in [5, 5.41) is 5.28. The number of carbonyl (C=O) groups excluding carboxylic acids is 2. The van der Waals surface area contributed by atoms with Gasteiger partial charge in [0.1, 0.15) is 16.7 Å². The number of thiocarbonyl (C=S) groups is 1. The van der Waals surface area contributed by atoms with Crippen molar-refractivity contribution < 1.29 is 9.59 Å². The highest BCUT2D eigenvalue weighted by atomic mass is 32.1. The van der Waals surface area contributed by atoms with Crippen LogP contribution >= 0.6 is 12.2 Å². The zero-order valence-electron chi connectivity index (χ0n) is 11.5. The third-order valence-electron chi connectivity index (χ3n) is 2.57. The van der Waals surface area contributed by atoms with E-state index in [-0.39, 0.29) is 16.6 Å². The molecule has 1 atom stereocenters. The molecule has 0 saturated carbocycles. The Bertz CT molecular complexity index is 502. The molecule has 1 unspecified atom stereocenters. The first kappa shape index (κ1) is 16.0. The molecule has 0 aliphatic carbocycles. The standard InChI is InChI=1S/C13H18N4O2S/c1-3-6-15-12(18)8(2)17-13(19)10-5-4-9(7-16-10)11(14)20/h4-5,7-8H,3,6H2,1-2H3,(H2,14,20)(H,15,18)(H,17,19). The van der Waals surface area contributed by atoms with Gasteiger partial charge in [-0.15, -0.1) is 0 Å². The maximum atomic E-state index is 11.9. The average molecular weight is 294 g/mol. The van der Waals surface area contributed by atoms with Crippen molar-refractivity contribution in [2.24, 2.45) is 5.73 Å². The van der Waals surface area contributed by atoms with Crippen LogP contribution in [0.15, 0.2) is 18.3 Å². The Morgan fingerprint density at radius 1 is 1.45 bits per heavy atom. The summed E-state index contributed by atoms with van der Waals surface area (Å²) in [7, 11) is 0. The number of carbonyl (C=O) groups is 2. The molecule has 4 N–H and O–H groups in total. The molecule has 0 fully saturated rings. The molecule has 0 aliphatic heterocycles. The molecule has 0 spiro atoms. The van der Waals surface area contributed by atoms with Gasteiger partial charge in [0.05, 0.1) is 0 Å². The number of hydrogen-bond donors (Lipinski definition) is 3. The quantitative estimate of drug-likeness (QED) is 0.658. The van der Waals surface area contributed by atoms with Crippen LogP contribution < -0.4 is 16.4 Å². The number of aromatic nitrogens is 1. The van der Waals surface area contributed by atoms with Crippen LogP contribution in [-0.2, 0) is 4.79 Å². The van der Waals surface area contributed by atoms with Crippen LogP contribution in [0.2, 0.25) is 0 Å². The fraction of sp³-hybridized carbons (Fsp3) is 0.385. The van der Waals surface area contributed by atoms with Crippen molar-refractivity contribution in [2.75, 3.05) is 6.54 Å². The number of rotatable bonds is 6. The number of hydrogen-bond acceptors (Lipinski definition) is 4. The van der Waals surface area contributed by atoms with Gasteiger partial charge in [-0.05, 0) is 25.5 Å². The lowest BCUT2D eigenvalue weighted by atomic mass is 10.2. The van der Waals surface area contributed by atoms with E-state index in [1.165, 1.54) is 12.3 Å². The molecular formula is C13H18N4O2S. The molecule has 0 radical (unpaired) electrons. The number of pyridine rings is 1. The Morgan fingerprint density at radius 3 is 2.65 bits per heavy atom. The molecule has 1 aromatic heterocycles. The summed E-state index contributed by atoms with van der Waals surface area (Å²) >= 11 is 4.80. The number of nitrogens with zero attached hydrogens (tertiary/aromatic N) is 1. The summed E-state index contributed by atoms with van der Waals surface area (Å²) in [6, 6.07) is 2.51. The van der Waals surface area contributed by atoms with E-state index < -0.39 is 11.9 Å². The van der Waals surface area contributed by atoms with Gasteiger partial charge in [0, 0.05) is 18.3 Å². The lowest BCUT2D eigenvalue weighted by Crippen LogP contribution is -2.45. The predicted molar refractivity (Wildman–Crippen MR) is 80.4 cm³/mol. The second-order valence-electron chi connectivity index (χ2n) is 4.28. The maximum absolute atomic E-state index is 11.9. The molecular weight excluding hydrogens is 276 g/mol. The number of nitrogens with one attached hydrogen (secondary N) is 2. The normalized spacial score (nSPS) is 11.5. The van der Waals surface area contributed by atoms with Crippen LogP contribution in [0.4, 0.5) is 0 Å². The van der Waals surface area contributed by atoms with Crippen molar-refractivity contribution in [1.82, 2.24) is 15.6 Å². The van der Waals surface area contributed by atoms with Crippen molar-refractivity contribution in [3.8, 4) is 0 Å². The summed E-state index contributed by atoms with van der Waals surface area (Å²) in [5.41, 5.74) is 6.24. The SMILES string of the molecule is CCCNC(=O)C(C)NC(=O)c1ccc(C(N)=S)cn1. The molecule has 6 nitrogen and oxygen atoms in total. The second kappa shape index (κ2) is 7.54. The van der Waals surface area contributed by atoms with E-state index in [2.05, 4.69) is 15.6 Å². The van der Waals surface area contributed by atoms with Crippen molar-refractivity contribution >= 4 is 29.0 Å². The predicted octanol–water partition coefficient (Wildman–Crippen LogP) is 0.360. The minimum absolute atomic E-state index is 0.208. The minimum Gasteiger partial charge on any atom is -0.389 e. The van der Waals surface area contributed by atoms with Gasteiger partial charge in [0.15, 0.2) is 0 Å². The van der Waals surface area contributed by atoms with E-state index in [1.807, 2.05) is 6.92 Å². The maximum Gasteiger partial charge on any atom is 0.270 e. The highest BCUT2D eigenvalue weighted by molar-refractivity contribution is 7.80. The van der Waals surface area contributed by atoms with Gasteiger partial charge in [0.2, 0.25) is 5.91 Å². The first-order chi connectivity index (χ1) is 9.45. The van der Waals surface area contributed by atoms with E-state index in [9.17, 15) is 9.59 Å². The molecule has 7 heteroatoms. The van der Waals surface area contributed by atoms with Crippen LogP contribution in [0.1, 0.15) is 36.3 Å². The summed E-state index contributed by atoms with van der Waals surface area (Å²) in [4.78, 5) is 27.7. The minimum atomic E-state index is -0.619. The van der Waals surface area contributed by atoms with Crippen LogP contribution in [0.3, 0.4) is 0 Å². The fourth-order valence-corrected chi connectivity index (χ4v) is 1.53. The van der Waals surface area contributed by atoms with Crippen molar-refractivity contribution in [1.29, 1.82) is 0 Å². The molecule has 0 saturated heterocycles.